The summed E-state index contributed by atoms with van der Waals surface area (Å²) in [5.41, 5.74) is 3.45. The van der Waals surface area contributed by atoms with Crippen molar-refractivity contribution in [2.75, 3.05) is 5.75 Å². The van der Waals surface area contributed by atoms with Gasteiger partial charge in [-0.3, -0.25) is 0 Å². The van der Waals surface area contributed by atoms with Gasteiger partial charge in [0.2, 0.25) is 0 Å². The maximum absolute atomic E-state index is 2.31. The predicted octanol–water partition coefficient (Wildman–Crippen LogP) is 4.96. The van der Waals surface area contributed by atoms with Gasteiger partial charge in [0.1, 0.15) is 0 Å². The van der Waals surface area contributed by atoms with Gasteiger partial charge in [-0.2, -0.15) is 11.8 Å². The molecule has 0 radical (unpaired) electrons. The Bertz CT molecular complexity index is 334. The van der Waals surface area contributed by atoms with Crippen LogP contribution in [0.2, 0.25) is 0 Å². The van der Waals surface area contributed by atoms with Crippen LogP contribution in [0, 0.1) is 5.41 Å². The van der Waals surface area contributed by atoms with E-state index in [-0.39, 0.29) is 0 Å². The van der Waals surface area contributed by atoms with E-state index < -0.39 is 0 Å². The summed E-state index contributed by atoms with van der Waals surface area (Å²) in [6.07, 6.45) is 2.38. The van der Waals surface area contributed by atoms with Crippen LogP contribution < -0.4 is 0 Å². The van der Waals surface area contributed by atoms with Gasteiger partial charge in [-0.1, -0.05) is 58.9 Å². The third kappa shape index (κ3) is 6.16. The molecule has 0 aliphatic rings. The zero-order chi connectivity index (χ0) is 12.9. The maximum atomic E-state index is 2.31. The summed E-state index contributed by atoms with van der Waals surface area (Å²) in [5.74, 6) is 1.23. The summed E-state index contributed by atoms with van der Waals surface area (Å²) in [6, 6.07) is 8.92. The Labute approximate surface area is 111 Å². The standard InChI is InChI=1S/C16H26S/c1-13(2)17-11-10-14-8-6-7-9-15(14)12-16(3,4)5/h6-9,13H,10-12H2,1-5H3. The summed E-state index contributed by atoms with van der Waals surface area (Å²) in [4.78, 5) is 0. The zero-order valence-electron chi connectivity index (χ0n) is 11.9. The van der Waals surface area contributed by atoms with E-state index in [0.717, 1.165) is 5.25 Å². The Morgan fingerprint density at radius 1 is 1.06 bits per heavy atom. The van der Waals surface area contributed by atoms with Crippen molar-refractivity contribution in [1.82, 2.24) is 0 Å². The molecule has 1 aromatic rings. The molecule has 0 aliphatic carbocycles. The third-order valence-corrected chi connectivity index (χ3v) is 3.77. The van der Waals surface area contributed by atoms with Crippen molar-refractivity contribution in [3.8, 4) is 0 Å². The first-order valence-corrected chi connectivity index (χ1v) is 7.62. The summed E-state index contributed by atoms with van der Waals surface area (Å²) in [5, 5.41) is 0.741. The van der Waals surface area contributed by atoms with Crippen molar-refractivity contribution in [2.24, 2.45) is 5.41 Å². The van der Waals surface area contributed by atoms with E-state index in [1.54, 1.807) is 0 Å². The molecule has 0 saturated carbocycles. The smallest absolute Gasteiger partial charge is 0.000957 e. The highest BCUT2D eigenvalue weighted by molar-refractivity contribution is 7.99. The summed E-state index contributed by atoms with van der Waals surface area (Å²) in [6.45, 7) is 11.5. The predicted molar refractivity (Wildman–Crippen MR) is 80.9 cm³/mol. The summed E-state index contributed by atoms with van der Waals surface area (Å²) in [7, 11) is 0. The fourth-order valence-corrected chi connectivity index (χ4v) is 2.76. The minimum atomic E-state index is 0.376. The Kier molecular flexibility index (Phi) is 5.58. The average molecular weight is 250 g/mol. The first kappa shape index (κ1) is 14.6. The molecule has 0 aliphatic heterocycles. The Hall–Kier alpha value is -0.430. The molecule has 1 rings (SSSR count). The van der Waals surface area contributed by atoms with Gasteiger partial charge < -0.3 is 0 Å². The van der Waals surface area contributed by atoms with Crippen molar-refractivity contribution in [3.63, 3.8) is 0 Å². The van der Waals surface area contributed by atoms with Crippen LogP contribution in [0.5, 0.6) is 0 Å². The lowest BCUT2D eigenvalue weighted by molar-refractivity contribution is 0.410. The molecule has 0 spiro atoms. The van der Waals surface area contributed by atoms with Crippen LogP contribution in [-0.2, 0) is 12.8 Å². The summed E-state index contributed by atoms with van der Waals surface area (Å²) < 4.78 is 0. The fraction of sp³-hybridized carbons (Fsp3) is 0.625. The van der Waals surface area contributed by atoms with E-state index in [1.807, 2.05) is 0 Å². The molecule has 96 valence electrons. The van der Waals surface area contributed by atoms with Crippen molar-refractivity contribution in [2.45, 2.75) is 52.7 Å². The second-order valence-corrected chi connectivity index (χ2v) is 7.86. The molecule has 1 heteroatoms. The molecule has 0 bridgehead atoms. The van der Waals surface area contributed by atoms with Crippen LogP contribution in [0.1, 0.15) is 45.7 Å². The van der Waals surface area contributed by atoms with Crippen LogP contribution >= 0.6 is 11.8 Å². The van der Waals surface area contributed by atoms with Gasteiger partial charge in [0, 0.05) is 0 Å². The van der Waals surface area contributed by atoms with Crippen LogP contribution in [-0.4, -0.2) is 11.0 Å². The lowest BCUT2D eigenvalue weighted by atomic mass is 9.86. The fourth-order valence-electron chi connectivity index (χ4n) is 1.95. The molecule has 0 amide bonds. The van der Waals surface area contributed by atoms with Crippen molar-refractivity contribution in [1.29, 1.82) is 0 Å². The number of thioether (sulfide) groups is 1. The molecular formula is C16H26S. The first-order valence-electron chi connectivity index (χ1n) is 6.57. The second kappa shape index (κ2) is 6.49. The normalized spacial score (nSPS) is 12.1. The highest BCUT2D eigenvalue weighted by Gasteiger charge is 2.13. The van der Waals surface area contributed by atoms with Gasteiger partial charge >= 0.3 is 0 Å². The molecule has 0 heterocycles. The molecule has 0 saturated heterocycles. The SMILES string of the molecule is CC(C)SCCc1ccccc1CC(C)(C)C. The lowest BCUT2D eigenvalue weighted by Crippen LogP contribution is -2.11. The Morgan fingerprint density at radius 3 is 2.18 bits per heavy atom. The highest BCUT2D eigenvalue weighted by atomic mass is 32.2. The number of hydrogen-bond acceptors (Lipinski definition) is 1. The second-order valence-electron chi connectivity index (χ2n) is 6.18. The topological polar surface area (TPSA) is 0 Å². The van der Waals surface area contributed by atoms with Crippen molar-refractivity contribution < 1.29 is 0 Å². The zero-order valence-corrected chi connectivity index (χ0v) is 12.7. The van der Waals surface area contributed by atoms with E-state index in [9.17, 15) is 0 Å². The van der Waals surface area contributed by atoms with Gasteiger partial charge in [-0.25, -0.2) is 0 Å². The van der Waals surface area contributed by atoms with Crippen LogP contribution in [0.4, 0.5) is 0 Å². The largest absolute Gasteiger partial charge is 0.159 e. The van der Waals surface area contributed by atoms with Gasteiger partial charge in [-0.15, -0.1) is 0 Å². The quantitative estimate of drug-likeness (QED) is 0.712. The van der Waals surface area contributed by atoms with Gasteiger partial charge in [0.15, 0.2) is 0 Å². The molecule has 17 heavy (non-hydrogen) atoms. The number of benzene rings is 1. The minimum absolute atomic E-state index is 0.376. The third-order valence-electron chi connectivity index (χ3n) is 2.66. The first-order chi connectivity index (χ1) is 7.88. The van der Waals surface area contributed by atoms with Crippen LogP contribution in [0.3, 0.4) is 0 Å². The van der Waals surface area contributed by atoms with Crippen molar-refractivity contribution in [3.05, 3.63) is 35.4 Å². The maximum Gasteiger partial charge on any atom is -0.000957 e. The number of hydrogen-bond donors (Lipinski definition) is 0. The van der Waals surface area contributed by atoms with Gasteiger partial charge in [-0.05, 0) is 40.4 Å². The average Bonchev–Trinajstić information content (AvgIpc) is 2.17. The van der Waals surface area contributed by atoms with Crippen LogP contribution in [0.25, 0.3) is 0 Å². The number of rotatable bonds is 5. The molecule has 0 nitrogen and oxygen atoms in total. The molecular weight excluding hydrogens is 224 g/mol. The van der Waals surface area contributed by atoms with E-state index in [2.05, 4.69) is 70.6 Å². The molecule has 0 aromatic heterocycles. The molecule has 0 fully saturated rings. The molecule has 0 unspecified atom stereocenters. The molecule has 1 aromatic carbocycles. The van der Waals surface area contributed by atoms with E-state index in [4.69, 9.17) is 0 Å². The molecule has 0 N–H and O–H groups in total. The van der Waals surface area contributed by atoms with E-state index in [0.29, 0.717) is 5.41 Å². The Morgan fingerprint density at radius 2 is 1.65 bits per heavy atom. The van der Waals surface area contributed by atoms with Gasteiger partial charge in [0.05, 0.1) is 0 Å². The minimum Gasteiger partial charge on any atom is -0.159 e. The van der Waals surface area contributed by atoms with E-state index >= 15 is 0 Å². The molecule has 0 atom stereocenters. The van der Waals surface area contributed by atoms with E-state index in [1.165, 1.54) is 29.7 Å². The number of aryl methyl sites for hydroxylation is 1. The lowest BCUT2D eigenvalue weighted by Gasteiger charge is -2.20. The highest BCUT2D eigenvalue weighted by Crippen LogP contribution is 2.24. The monoisotopic (exact) mass is 250 g/mol. The Balaban J connectivity index is 2.64. The van der Waals surface area contributed by atoms with Crippen LogP contribution in [0.15, 0.2) is 24.3 Å². The van der Waals surface area contributed by atoms with Crippen molar-refractivity contribution >= 4 is 11.8 Å². The summed E-state index contributed by atoms with van der Waals surface area (Å²) >= 11 is 2.05. The van der Waals surface area contributed by atoms with Gasteiger partial charge in [0.25, 0.3) is 0 Å².